The standard InChI is InChI=1S/C19H18N4O3/c1-25-17-7-6-14(9-18(17)26-2)23-19(24)16-11-21-15(10-22-16)12-4-3-5-13(20)8-12/h3-11H,20H2,1-2H3,(H,23,24). The van der Waals surface area contributed by atoms with E-state index in [2.05, 4.69) is 15.3 Å². The van der Waals surface area contributed by atoms with E-state index in [9.17, 15) is 4.79 Å². The minimum absolute atomic E-state index is 0.201. The van der Waals surface area contributed by atoms with E-state index in [0.29, 0.717) is 28.6 Å². The van der Waals surface area contributed by atoms with Crippen molar-refractivity contribution in [2.24, 2.45) is 0 Å². The average Bonchev–Trinajstić information content (AvgIpc) is 2.68. The number of nitrogens with one attached hydrogen (secondary N) is 1. The summed E-state index contributed by atoms with van der Waals surface area (Å²) < 4.78 is 10.4. The molecule has 0 saturated carbocycles. The highest BCUT2D eigenvalue weighted by Crippen LogP contribution is 2.29. The molecule has 132 valence electrons. The maximum Gasteiger partial charge on any atom is 0.275 e. The molecule has 3 N–H and O–H groups in total. The van der Waals surface area contributed by atoms with E-state index < -0.39 is 0 Å². The van der Waals surface area contributed by atoms with E-state index in [1.165, 1.54) is 19.5 Å². The number of methoxy groups -OCH3 is 2. The Hall–Kier alpha value is -3.61. The number of ether oxygens (including phenoxy) is 2. The molecule has 0 spiro atoms. The van der Waals surface area contributed by atoms with Crippen LogP contribution in [0.25, 0.3) is 11.3 Å². The summed E-state index contributed by atoms with van der Waals surface area (Å²) in [5.74, 6) is 0.731. The van der Waals surface area contributed by atoms with Crippen LogP contribution in [0.5, 0.6) is 11.5 Å². The fraction of sp³-hybridized carbons (Fsp3) is 0.105. The molecule has 0 unspecified atom stereocenters. The second-order valence-corrected chi connectivity index (χ2v) is 5.44. The lowest BCUT2D eigenvalue weighted by Crippen LogP contribution is -2.14. The number of amides is 1. The highest BCUT2D eigenvalue weighted by Gasteiger charge is 2.11. The number of hydrogen-bond donors (Lipinski definition) is 2. The number of aromatic nitrogens is 2. The molecular weight excluding hydrogens is 332 g/mol. The lowest BCUT2D eigenvalue weighted by Gasteiger charge is -2.10. The van der Waals surface area contributed by atoms with Gasteiger partial charge < -0.3 is 20.5 Å². The number of nitrogens with two attached hydrogens (primary N) is 1. The summed E-state index contributed by atoms with van der Waals surface area (Å²) in [7, 11) is 3.08. The molecular formula is C19H18N4O3. The van der Waals surface area contributed by atoms with Gasteiger partial charge in [0.05, 0.1) is 32.3 Å². The maximum absolute atomic E-state index is 12.4. The van der Waals surface area contributed by atoms with Gasteiger partial charge in [0.1, 0.15) is 5.69 Å². The summed E-state index contributed by atoms with van der Waals surface area (Å²) in [6.45, 7) is 0. The van der Waals surface area contributed by atoms with E-state index in [0.717, 1.165) is 5.56 Å². The van der Waals surface area contributed by atoms with Crippen LogP contribution in [-0.2, 0) is 0 Å². The number of nitrogen functional groups attached to an aromatic ring is 1. The molecule has 1 aromatic heterocycles. The zero-order chi connectivity index (χ0) is 18.5. The third-order valence-electron chi connectivity index (χ3n) is 3.71. The molecule has 7 nitrogen and oxygen atoms in total. The monoisotopic (exact) mass is 350 g/mol. The first-order valence-corrected chi connectivity index (χ1v) is 7.82. The third kappa shape index (κ3) is 3.72. The van der Waals surface area contributed by atoms with Crippen LogP contribution in [0.15, 0.2) is 54.9 Å². The van der Waals surface area contributed by atoms with Gasteiger partial charge in [0.2, 0.25) is 0 Å². The molecule has 26 heavy (non-hydrogen) atoms. The van der Waals surface area contributed by atoms with Gasteiger partial charge >= 0.3 is 0 Å². The van der Waals surface area contributed by atoms with Crippen LogP contribution in [-0.4, -0.2) is 30.1 Å². The Morgan fingerprint density at radius 2 is 1.81 bits per heavy atom. The topological polar surface area (TPSA) is 99.4 Å². The zero-order valence-electron chi connectivity index (χ0n) is 14.4. The van der Waals surface area contributed by atoms with Gasteiger partial charge in [-0.2, -0.15) is 0 Å². The lowest BCUT2D eigenvalue weighted by atomic mass is 10.1. The Balaban J connectivity index is 1.76. The van der Waals surface area contributed by atoms with Crippen LogP contribution in [0.3, 0.4) is 0 Å². The van der Waals surface area contributed by atoms with Gasteiger partial charge in [0.25, 0.3) is 5.91 Å². The van der Waals surface area contributed by atoms with Gasteiger partial charge in [-0.15, -0.1) is 0 Å². The Bertz CT molecular complexity index is 926. The summed E-state index contributed by atoms with van der Waals surface area (Å²) in [5.41, 5.74) is 8.65. The number of carbonyl (C=O) groups excluding carboxylic acids is 1. The Kier molecular flexibility index (Phi) is 4.98. The van der Waals surface area contributed by atoms with Crippen LogP contribution >= 0.6 is 0 Å². The molecule has 0 aliphatic carbocycles. The van der Waals surface area contributed by atoms with Gasteiger partial charge in [0, 0.05) is 23.0 Å². The fourth-order valence-corrected chi connectivity index (χ4v) is 2.40. The van der Waals surface area contributed by atoms with Crippen molar-refractivity contribution in [3.05, 3.63) is 60.6 Å². The summed E-state index contributed by atoms with van der Waals surface area (Å²) in [6, 6.07) is 12.4. The Labute approximate surface area is 150 Å². The molecule has 0 aliphatic rings. The van der Waals surface area contributed by atoms with E-state index in [4.69, 9.17) is 15.2 Å². The predicted molar refractivity (Wildman–Crippen MR) is 99.4 cm³/mol. The second kappa shape index (κ2) is 7.52. The highest BCUT2D eigenvalue weighted by atomic mass is 16.5. The molecule has 1 heterocycles. The molecule has 0 aliphatic heterocycles. The molecule has 0 fully saturated rings. The van der Waals surface area contributed by atoms with Gasteiger partial charge in [-0.25, -0.2) is 4.98 Å². The quantitative estimate of drug-likeness (QED) is 0.686. The van der Waals surface area contributed by atoms with E-state index in [-0.39, 0.29) is 11.6 Å². The van der Waals surface area contributed by atoms with Gasteiger partial charge in [-0.3, -0.25) is 9.78 Å². The van der Waals surface area contributed by atoms with E-state index >= 15 is 0 Å². The number of nitrogens with zero attached hydrogens (tertiary/aromatic N) is 2. The summed E-state index contributed by atoms with van der Waals surface area (Å²) in [5, 5.41) is 2.76. The van der Waals surface area contributed by atoms with Crippen molar-refractivity contribution in [1.82, 2.24) is 9.97 Å². The second-order valence-electron chi connectivity index (χ2n) is 5.44. The molecule has 0 bridgehead atoms. The van der Waals surface area contributed by atoms with Crippen LogP contribution < -0.4 is 20.5 Å². The average molecular weight is 350 g/mol. The minimum atomic E-state index is -0.371. The first kappa shape index (κ1) is 17.2. The summed E-state index contributed by atoms with van der Waals surface area (Å²) in [4.78, 5) is 20.8. The van der Waals surface area contributed by atoms with Crippen molar-refractivity contribution in [3.8, 4) is 22.8 Å². The predicted octanol–water partition coefficient (Wildman–Crippen LogP) is 3.00. The molecule has 1 amide bonds. The molecule has 0 saturated heterocycles. The van der Waals surface area contributed by atoms with Crippen molar-refractivity contribution in [2.75, 3.05) is 25.3 Å². The van der Waals surface area contributed by atoms with Gasteiger partial charge in [-0.05, 0) is 24.3 Å². The molecule has 7 heteroatoms. The van der Waals surface area contributed by atoms with Gasteiger partial charge in [0.15, 0.2) is 11.5 Å². The van der Waals surface area contributed by atoms with Crippen LogP contribution in [0.2, 0.25) is 0 Å². The normalized spacial score (nSPS) is 10.2. The zero-order valence-corrected chi connectivity index (χ0v) is 14.4. The fourth-order valence-electron chi connectivity index (χ4n) is 2.40. The smallest absolute Gasteiger partial charge is 0.275 e. The maximum atomic E-state index is 12.4. The first-order chi connectivity index (χ1) is 12.6. The molecule has 3 rings (SSSR count). The van der Waals surface area contributed by atoms with Crippen molar-refractivity contribution >= 4 is 17.3 Å². The first-order valence-electron chi connectivity index (χ1n) is 7.82. The number of hydrogen-bond acceptors (Lipinski definition) is 6. The van der Waals surface area contributed by atoms with Crippen molar-refractivity contribution in [3.63, 3.8) is 0 Å². The van der Waals surface area contributed by atoms with Crippen LogP contribution in [0.4, 0.5) is 11.4 Å². The van der Waals surface area contributed by atoms with Crippen molar-refractivity contribution in [1.29, 1.82) is 0 Å². The number of rotatable bonds is 5. The molecule has 0 radical (unpaired) electrons. The molecule has 3 aromatic rings. The van der Waals surface area contributed by atoms with Crippen LogP contribution in [0, 0.1) is 0 Å². The highest BCUT2D eigenvalue weighted by molar-refractivity contribution is 6.02. The van der Waals surface area contributed by atoms with Crippen molar-refractivity contribution in [2.45, 2.75) is 0 Å². The summed E-state index contributed by atoms with van der Waals surface area (Å²) >= 11 is 0. The van der Waals surface area contributed by atoms with E-state index in [1.54, 1.807) is 37.4 Å². The van der Waals surface area contributed by atoms with Crippen molar-refractivity contribution < 1.29 is 14.3 Å². The largest absolute Gasteiger partial charge is 0.493 e. The molecule has 0 atom stereocenters. The number of benzene rings is 2. The number of anilines is 2. The SMILES string of the molecule is COc1ccc(NC(=O)c2cnc(-c3cccc(N)c3)cn2)cc1OC. The van der Waals surface area contributed by atoms with Crippen LogP contribution in [0.1, 0.15) is 10.5 Å². The Morgan fingerprint density at radius 3 is 2.46 bits per heavy atom. The third-order valence-corrected chi connectivity index (χ3v) is 3.71. The Morgan fingerprint density at radius 1 is 1.00 bits per heavy atom. The number of carbonyl (C=O) groups is 1. The van der Waals surface area contributed by atoms with Gasteiger partial charge in [-0.1, -0.05) is 12.1 Å². The molecule has 2 aromatic carbocycles. The lowest BCUT2D eigenvalue weighted by molar-refractivity contribution is 0.102. The minimum Gasteiger partial charge on any atom is -0.493 e. The summed E-state index contributed by atoms with van der Waals surface area (Å²) in [6.07, 6.45) is 2.97. The van der Waals surface area contributed by atoms with E-state index in [1.807, 2.05) is 12.1 Å².